The van der Waals surface area contributed by atoms with Crippen molar-refractivity contribution in [2.24, 2.45) is 0 Å². The normalized spacial score (nSPS) is 12.5. The highest BCUT2D eigenvalue weighted by Crippen LogP contribution is 2.19. The quantitative estimate of drug-likeness (QED) is 0.896. The van der Waals surface area contributed by atoms with Crippen molar-refractivity contribution in [3.05, 3.63) is 53.6 Å². The van der Waals surface area contributed by atoms with E-state index >= 15 is 0 Å². The molecule has 122 valence electrons. The summed E-state index contributed by atoms with van der Waals surface area (Å²) in [6.07, 6.45) is 0.342. The van der Waals surface area contributed by atoms with Crippen molar-refractivity contribution in [3.63, 3.8) is 0 Å². The summed E-state index contributed by atoms with van der Waals surface area (Å²) >= 11 is 5.86. The zero-order chi connectivity index (χ0) is 17.0. The fourth-order valence-corrected chi connectivity index (χ4v) is 2.69. The Kier molecular flexibility index (Phi) is 5.28. The lowest BCUT2D eigenvalue weighted by Crippen LogP contribution is -2.30. The van der Waals surface area contributed by atoms with Crippen molar-refractivity contribution < 1.29 is 17.9 Å². The van der Waals surface area contributed by atoms with E-state index in [1.807, 2.05) is 0 Å². The first-order valence-corrected chi connectivity index (χ1v) is 9.06. The van der Waals surface area contributed by atoms with E-state index in [4.69, 9.17) is 16.3 Å². The summed E-state index contributed by atoms with van der Waals surface area (Å²) in [7, 11) is -3.33. The van der Waals surface area contributed by atoms with Crippen LogP contribution in [-0.2, 0) is 14.6 Å². The van der Waals surface area contributed by atoms with Crippen LogP contribution in [0.15, 0.2) is 53.4 Å². The highest BCUT2D eigenvalue weighted by Gasteiger charge is 2.16. The van der Waals surface area contributed by atoms with Crippen LogP contribution in [0.4, 0.5) is 5.69 Å². The molecule has 0 aliphatic heterocycles. The summed E-state index contributed by atoms with van der Waals surface area (Å²) in [5.41, 5.74) is 0.388. The Hall–Kier alpha value is -2.05. The van der Waals surface area contributed by atoms with Crippen LogP contribution in [0.25, 0.3) is 0 Å². The number of benzene rings is 2. The monoisotopic (exact) mass is 353 g/mol. The van der Waals surface area contributed by atoms with E-state index in [2.05, 4.69) is 5.32 Å². The van der Waals surface area contributed by atoms with Gasteiger partial charge in [-0.3, -0.25) is 4.79 Å². The van der Waals surface area contributed by atoms with Gasteiger partial charge in [0.05, 0.1) is 4.90 Å². The smallest absolute Gasteiger partial charge is 0.265 e. The number of halogens is 1. The van der Waals surface area contributed by atoms with Gasteiger partial charge < -0.3 is 10.1 Å². The maximum atomic E-state index is 12.1. The van der Waals surface area contributed by atoms with Crippen LogP contribution < -0.4 is 10.1 Å². The predicted molar refractivity (Wildman–Crippen MR) is 89.7 cm³/mol. The molecule has 1 amide bonds. The Bertz CT molecular complexity index is 820. The molecule has 5 nitrogen and oxygen atoms in total. The Morgan fingerprint density at radius 1 is 1.17 bits per heavy atom. The van der Waals surface area contributed by atoms with Gasteiger partial charge in [-0.1, -0.05) is 23.7 Å². The number of amides is 1. The molecule has 7 heteroatoms. The second-order valence-electron chi connectivity index (χ2n) is 5.01. The first-order chi connectivity index (χ1) is 10.8. The second-order valence-corrected chi connectivity index (χ2v) is 7.46. The Morgan fingerprint density at radius 2 is 1.87 bits per heavy atom. The first-order valence-electron chi connectivity index (χ1n) is 6.79. The number of nitrogens with one attached hydrogen (secondary N) is 1. The topological polar surface area (TPSA) is 72.5 Å². The maximum absolute atomic E-state index is 12.1. The zero-order valence-corrected chi connectivity index (χ0v) is 14.2. The summed E-state index contributed by atoms with van der Waals surface area (Å²) in [6, 6.07) is 12.8. The number of hydrogen-bond acceptors (Lipinski definition) is 4. The average molecular weight is 354 g/mol. The zero-order valence-electron chi connectivity index (χ0n) is 12.6. The van der Waals surface area contributed by atoms with Gasteiger partial charge in [0.25, 0.3) is 5.91 Å². The fraction of sp³-hybridized carbons (Fsp3) is 0.188. The summed E-state index contributed by atoms with van der Waals surface area (Å²) in [5, 5.41) is 3.14. The predicted octanol–water partition coefficient (Wildman–Crippen LogP) is 3.15. The Balaban J connectivity index is 2.07. The van der Waals surface area contributed by atoms with E-state index in [1.54, 1.807) is 43.3 Å². The number of carbonyl (C=O) groups is 1. The molecule has 0 saturated heterocycles. The molecule has 2 aromatic carbocycles. The molecule has 0 aliphatic rings. The third-order valence-electron chi connectivity index (χ3n) is 3.01. The van der Waals surface area contributed by atoms with Gasteiger partial charge in [0.15, 0.2) is 15.9 Å². The van der Waals surface area contributed by atoms with Gasteiger partial charge in [0.2, 0.25) is 0 Å². The summed E-state index contributed by atoms with van der Waals surface area (Å²) < 4.78 is 28.6. The first kappa shape index (κ1) is 17.3. The van der Waals surface area contributed by atoms with Gasteiger partial charge in [-0.05, 0) is 43.3 Å². The second kappa shape index (κ2) is 7.02. The van der Waals surface area contributed by atoms with Crippen LogP contribution in [0, 0.1) is 0 Å². The van der Waals surface area contributed by atoms with E-state index in [0.717, 1.165) is 6.26 Å². The van der Waals surface area contributed by atoms with Crippen LogP contribution in [0.3, 0.4) is 0 Å². The lowest BCUT2D eigenvalue weighted by atomic mass is 10.3. The minimum Gasteiger partial charge on any atom is -0.481 e. The highest BCUT2D eigenvalue weighted by atomic mass is 35.5. The summed E-state index contributed by atoms with van der Waals surface area (Å²) in [6.45, 7) is 1.59. The SMILES string of the molecule is CC(Oc1cccc(Cl)c1)C(=O)Nc1cccc(S(C)(=O)=O)c1. The molecule has 23 heavy (non-hydrogen) atoms. The standard InChI is InChI=1S/C16H16ClNO4S/c1-11(22-14-7-3-5-12(17)9-14)16(19)18-13-6-4-8-15(10-13)23(2,20)21/h3-11H,1-2H3,(H,18,19). The molecule has 2 aromatic rings. The number of anilines is 1. The van der Waals surface area contributed by atoms with Gasteiger partial charge in [-0.2, -0.15) is 0 Å². The molecule has 0 bridgehead atoms. The van der Waals surface area contributed by atoms with Gasteiger partial charge in [-0.15, -0.1) is 0 Å². The number of carbonyl (C=O) groups excluding carboxylic acids is 1. The fourth-order valence-electron chi connectivity index (χ4n) is 1.85. The Morgan fingerprint density at radius 3 is 2.52 bits per heavy atom. The van der Waals surface area contributed by atoms with Crippen LogP contribution >= 0.6 is 11.6 Å². The minimum absolute atomic E-state index is 0.138. The van der Waals surface area contributed by atoms with Gasteiger partial charge in [0.1, 0.15) is 5.75 Å². The van der Waals surface area contributed by atoms with Crippen molar-refractivity contribution in [2.75, 3.05) is 11.6 Å². The van der Waals surface area contributed by atoms with Crippen LogP contribution in [0.1, 0.15) is 6.92 Å². The lowest BCUT2D eigenvalue weighted by Gasteiger charge is -2.15. The molecule has 0 heterocycles. The third-order valence-corrected chi connectivity index (χ3v) is 4.35. The lowest BCUT2D eigenvalue weighted by molar-refractivity contribution is -0.122. The number of ether oxygens (including phenoxy) is 1. The van der Waals surface area contributed by atoms with Crippen molar-refractivity contribution >= 4 is 33.0 Å². The van der Waals surface area contributed by atoms with Gasteiger partial charge >= 0.3 is 0 Å². The van der Waals surface area contributed by atoms with Crippen LogP contribution in [0.2, 0.25) is 5.02 Å². The molecule has 0 fully saturated rings. The molecule has 1 atom stereocenters. The van der Waals surface area contributed by atoms with E-state index in [-0.39, 0.29) is 4.90 Å². The minimum atomic E-state index is -3.33. The molecular formula is C16H16ClNO4S. The average Bonchev–Trinajstić information content (AvgIpc) is 2.46. The molecular weight excluding hydrogens is 338 g/mol. The van der Waals surface area contributed by atoms with Crippen molar-refractivity contribution in [1.82, 2.24) is 0 Å². The molecule has 0 aromatic heterocycles. The van der Waals surface area contributed by atoms with E-state index in [1.165, 1.54) is 12.1 Å². The van der Waals surface area contributed by atoms with Crippen molar-refractivity contribution in [2.45, 2.75) is 17.9 Å². The highest BCUT2D eigenvalue weighted by molar-refractivity contribution is 7.90. The largest absolute Gasteiger partial charge is 0.481 e. The van der Waals surface area contributed by atoms with E-state index in [0.29, 0.717) is 16.5 Å². The number of hydrogen-bond donors (Lipinski definition) is 1. The summed E-state index contributed by atoms with van der Waals surface area (Å²) in [4.78, 5) is 12.3. The van der Waals surface area contributed by atoms with E-state index < -0.39 is 21.8 Å². The van der Waals surface area contributed by atoms with Gasteiger partial charge in [-0.25, -0.2) is 8.42 Å². The number of rotatable bonds is 5. The molecule has 0 aliphatic carbocycles. The maximum Gasteiger partial charge on any atom is 0.265 e. The van der Waals surface area contributed by atoms with Crippen molar-refractivity contribution in [1.29, 1.82) is 0 Å². The molecule has 1 N–H and O–H groups in total. The Labute approximate surface area is 140 Å². The number of sulfone groups is 1. The van der Waals surface area contributed by atoms with Crippen LogP contribution in [0.5, 0.6) is 5.75 Å². The molecule has 1 unspecified atom stereocenters. The molecule has 0 radical (unpaired) electrons. The van der Waals surface area contributed by atoms with Gasteiger partial charge in [0, 0.05) is 17.0 Å². The third kappa shape index (κ3) is 4.97. The van der Waals surface area contributed by atoms with E-state index in [9.17, 15) is 13.2 Å². The van der Waals surface area contributed by atoms with Crippen molar-refractivity contribution in [3.8, 4) is 5.75 Å². The molecule has 0 saturated carbocycles. The summed E-state index contributed by atoms with van der Waals surface area (Å²) in [5.74, 6) is 0.0839. The molecule has 0 spiro atoms. The van der Waals surface area contributed by atoms with Crippen LogP contribution in [-0.4, -0.2) is 26.7 Å². The molecule has 2 rings (SSSR count).